The van der Waals surface area contributed by atoms with Crippen LogP contribution in [0, 0.1) is 0 Å². The molecule has 3 rings (SSSR count). The fourth-order valence-corrected chi connectivity index (χ4v) is 2.53. The molecular formula is C16H22N4O2. The Hall–Kier alpha value is -2.08. The number of carbonyl (C=O) groups is 1. The zero-order valence-electron chi connectivity index (χ0n) is 13.0. The smallest absolute Gasteiger partial charge is 0.322 e. The molecule has 6 heteroatoms. The third-order valence-corrected chi connectivity index (χ3v) is 3.89. The minimum absolute atomic E-state index is 0.00981. The van der Waals surface area contributed by atoms with Crippen LogP contribution in [0.4, 0.5) is 10.5 Å². The maximum atomic E-state index is 12.3. The summed E-state index contributed by atoms with van der Waals surface area (Å²) in [7, 11) is 0. The number of benzene rings is 1. The van der Waals surface area contributed by atoms with Gasteiger partial charge in [0.25, 0.3) is 0 Å². The monoisotopic (exact) mass is 302 g/mol. The minimum Gasteiger partial charge on any atom is -0.395 e. The van der Waals surface area contributed by atoms with Crippen molar-refractivity contribution >= 4 is 22.6 Å². The number of aliphatic hydroxyl groups is 1. The third-order valence-electron chi connectivity index (χ3n) is 3.89. The first-order valence-corrected chi connectivity index (χ1v) is 7.76. The Balaban J connectivity index is 1.76. The fourth-order valence-electron chi connectivity index (χ4n) is 2.53. The minimum atomic E-state index is -0.146. The topological polar surface area (TPSA) is 70.4 Å². The predicted octanol–water partition coefficient (Wildman–Crippen LogP) is 2.61. The highest BCUT2D eigenvalue weighted by Gasteiger charge is 2.32. The molecule has 2 N–H and O–H groups in total. The average Bonchev–Trinajstić information content (AvgIpc) is 3.22. The molecule has 0 atom stereocenters. The lowest BCUT2D eigenvalue weighted by Crippen LogP contribution is -2.38. The second-order valence-electron chi connectivity index (χ2n) is 6.05. The highest BCUT2D eigenvalue weighted by Crippen LogP contribution is 2.27. The van der Waals surface area contributed by atoms with Gasteiger partial charge in [0.1, 0.15) is 0 Å². The van der Waals surface area contributed by atoms with E-state index >= 15 is 0 Å². The first-order valence-electron chi connectivity index (χ1n) is 7.76. The number of aromatic nitrogens is 2. The zero-order valence-corrected chi connectivity index (χ0v) is 13.0. The number of anilines is 1. The molecular weight excluding hydrogens is 280 g/mol. The van der Waals surface area contributed by atoms with Gasteiger partial charge in [-0.1, -0.05) is 0 Å². The SMILES string of the molecule is CC(C)n1cc2cc(NC(=O)N(CCO)C3CC3)ccc2n1. The molecule has 1 aliphatic carbocycles. The van der Waals surface area contributed by atoms with Crippen molar-refractivity contribution in [2.24, 2.45) is 0 Å². The Morgan fingerprint density at radius 1 is 1.50 bits per heavy atom. The second kappa shape index (κ2) is 5.96. The van der Waals surface area contributed by atoms with E-state index < -0.39 is 0 Å². The van der Waals surface area contributed by atoms with Crippen LogP contribution >= 0.6 is 0 Å². The number of urea groups is 1. The van der Waals surface area contributed by atoms with Crippen LogP contribution in [0.2, 0.25) is 0 Å². The molecule has 118 valence electrons. The molecule has 22 heavy (non-hydrogen) atoms. The molecule has 0 unspecified atom stereocenters. The van der Waals surface area contributed by atoms with Gasteiger partial charge in [-0.3, -0.25) is 4.68 Å². The van der Waals surface area contributed by atoms with Gasteiger partial charge in [0.05, 0.1) is 12.1 Å². The molecule has 0 spiro atoms. The van der Waals surface area contributed by atoms with Gasteiger partial charge >= 0.3 is 6.03 Å². The number of nitrogens with one attached hydrogen (secondary N) is 1. The maximum Gasteiger partial charge on any atom is 0.322 e. The molecule has 1 aliphatic rings. The summed E-state index contributed by atoms with van der Waals surface area (Å²) in [4.78, 5) is 14.0. The van der Waals surface area contributed by atoms with E-state index in [1.54, 1.807) is 4.90 Å². The standard InChI is InChI=1S/C16H22N4O2/c1-11(2)20-10-12-9-13(3-6-15(12)18-20)17-16(22)19(7-8-21)14-4-5-14/h3,6,9-11,14,21H,4-5,7-8H2,1-2H3,(H,17,22). The number of fused-ring (bicyclic) bond motifs is 1. The number of hydrogen-bond donors (Lipinski definition) is 2. The number of rotatable bonds is 5. The molecule has 0 aliphatic heterocycles. The normalized spacial score (nSPS) is 14.5. The van der Waals surface area contributed by atoms with Crippen molar-refractivity contribution in [1.29, 1.82) is 0 Å². The Labute approximate surface area is 129 Å². The van der Waals surface area contributed by atoms with Gasteiger partial charge in [-0.25, -0.2) is 4.79 Å². The van der Waals surface area contributed by atoms with Crippen LogP contribution in [0.5, 0.6) is 0 Å². The van der Waals surface area contributed by atoms with Crippen molar-refractivity contribution < 1.29 is 9.90 Å². The van der Waals surface area contributed by atoms with Crippen molar-refractivity contribution in [2.45, 2.75) is 38.8 Å². The molecule has 0 bridgehead atoms. The first kappa shape index (κ1) is 14.8. The largest absolute Gasteiger partial charge is 0.395 e. The molecule has 1 heterocycles. The summed E-state index contributed by atoms with van der Waals surface area (Å²) in [6, 6.07) is 6.15. The molecule has 2 aromatic rings. The van der Waals surface area contributed by atoms with Crippen molar-refractivity contribution in [3.05, 3.63) is 24.4 Å². The van der Waals surface area contributed by atoms with Crippen LogP contribution in [-0.2, 0) is 0 Å². The van der Waals surface area contributed by atoms with Crippen molar-refractivity contribution in [3.63, 3.8) is 0 Å². The average molecular weight is 302 g/mol. The van der Waals surface area contributed by atoms with Gasteiger partial charge in [-0.2, -0.15) is 5.10 Å². The van der Waals surface area contributed by atoms with Gasteiger partial charge in [-0.15, -0.1) is 0 Å². The second-order valence-corrected chi connectivity index (χ2v) is 6.05. The maximum absolute atomic E-state index is 12.3. The Kier molecular flexibility index (Phi) is 4.02. The molecule has 0 radical (unpaired) electrons. The Bertz CT molecular complexity index is 676. The van der Waals surface area contributed by atoms with Crippen molar-refractivity contribution in [1.82, 2.24) is 14.7 Å². The Morgan fingerprint density at radius 2 is 2.27 bits per heavy atom. The van der Waals surface area contributed by atoms with Crippen LogP contribution in [0.1, 0.15) is 32.7 Å². The third kappa shape index (κ3) is 3.06. The molecule has 1 aromatic heterocycles. The van der Waals surface area contributed by atoms with Crippen LogP contribution < -0.4 is 5.32 Å². The van der Waals surface area contributed by atoms with E-state index in [2.05, 4.69) is 24.3 Å². The number of carbonyl (C=O) groups excluding carboxylic acids is 1. The highest BCUT2D eigenvalue weighted by molar-refractivity contribution is 5.92. The summed E-state index contributed by atoms with van der Waals surface area (Å²) in [5.74, 6) is 0. The van der Waals surface area contributed by atoms with Gasteiger partial charge < -0.3 is 15.3 Å². The van der Waals surface area contributed by atoms with E-state index in [1.807, 2.05) is 29.1 Å². The summed E-state index contributed by atoms with van der Waals surface area (Å²) in [5, 5.41) is 17.5. The van der Waals surface area contributed by atoms with E-state index in [4.69, 9.17) is 5.11 Å². The lowest BCUT2D eigenvalue weighted by atomic mass is 10.2. The van der Waals surface area contributed by atoms with Crippen molar-refractivity contribution in [2.75, 3.05) is 18.5 Å². The first-order chi connectivity index (χ1) is 10.6. The lowest BCUT2D eigenvalue weighted by molar-refractivity contribution is 0.185. The quantitative estimate of drug-likeness (QED) is 0.892. The van der Waals surface area contributed by atoms with Gasteiger partial charge in [0, 0.05) is 35.9 Å². The van der Waals surface area contributed by atoms with E-state index in [1.165, 1.54) is 0 Å². The summed E-state index contributed by atoms with van der Waals surface area (Å²) in [6.07, 6.45) is 4.03. The van der Waals surface area contributed by atoms with Crippen LogP contribution in [0.25, 0.3) is 10.9 Å². The molecule has 1 saturated carbocycles. The van der Waals surface area contributed by atoms with E-state index in [0.717, 1.165) is 29.4 Å². The lowest BCUT2D eigenvalue weighted by Gasteiger charge is -2.21. The molecule has 0 saturated heterocycles. The molecule has 1 aromatic carbocycles. The zero-order chi connectivity index (χ0) is 15.7. The van der Waals surface area contributed by atoms with Crippen LogP contribution in [0.15, 0.2) is 24.4 Å². The van der Waals surface area contributed by atoms with Crippen LogP contribution in [0.3, 0.4) is 0 Å². The number of nitrogens with zero attached hydrogens (tertiary/aromatic N) is 3. The van der Waals surface area contributed by atoms with E-state index in [0.29, 0.717) is 12.6 Å². The summed E-state index contributed by atoms with van der Waals surface area (Å²) in [5.41, 5.74) is 1.67. The van der Waals surface area contributed by atoms with Gasteiger partial charge in [0.15, 0.2) is 0 Å². The fraction of sp³-hybridized carbons (Fsp3) is 0.500. The number of aliphatic hydroxyl groups excluding tert-OH is 1. The van der Waals surface area contributed by atoms with Gasteiger partial charge in [-0.05, 0) is 44.9 Å². The van der Waals surface area contributed by atoms with Crippen molar-refractivity contribution in [3.8, 4) is 0 Å². The summed E-state index contributed by atoms with van der Waals surface area (Å²) in [6.45, 7) is 4.53. The van der Waals surface area contributed by atoms with E-state index in [-0.39, 0.29) is 18.7 Å². The molecule has 6 nitrogen and oxygen atoms in total. The predicted molar refractivity (Wildman–Crippen MR) is 86.0 cm³/mol. The molecule has 1 fully saturated rings. The summed E-state index contributed by atoms with van der Waals surface area (Å²) >= 11 is 0. The van der Waals surface area contributed by atoms with Gasteiger partial charge in [0.2, 0.25) is 0 Å². The summed E-state index contributed by atoms with van der Waals surface area (Å²) < 4.78 is 1.92. The Morgan fingerprint density at radius 3 is 2.91 bits per heavy atom. The highest BCUT2D eigenvalue weighted by atomic mass is 16.3. The number of amides is 2. The van der Waals surface area contributed by atoms with Crippen LogP contribution in [-0.4, -0.2) is 45.0 Å². The number of hydrogen-bond acceptors (Lipinski definition) is 3. The molecule has 2 amide bonds. The van der Waals surface area contributed by atoms with E-state index in [9.17, 15) is 4.79 Å².